The minimum atomic E-state index is 0.927. The molecule has 1 heteroatoms. The molecule has 0 saturated heterocycles. The van der Waals surface area contributed by atoms with Crippen molar-refractivity contribution in [3.8, 4) is 12.3 Å². The molecule has 0 fully saturated rings. The van der Waals surface area contributed by atoms with Crippen molar-refractivity contribution in [3.05, 3.63) is 39.9 Å². The van der Waals surface area contributed by atoms with Crippen LogP contribution < -0.4 is 0 Å². The molecule has 60 valence electrons. The highest BCUT2D eigenvalue weighted by molar-refractivity contribution is 9.10. The average Bonchev–Trinajstić information content (AvgIpc) is 2.05. The summed E-state index contributed by atoms with van der Waals surface area (Å²) in [5, 5.41) is 0. The van der Waals surface area contributed by atoms with Gasteiger partial charge in [0.05, 0.1) is 0 Å². The summed E-state index contributed by atoms with van der Waals surface area (Å²) in [7, 11) is 0. The quantitative estimate of drug-likeness (QED) is 0.637. The van der Waals surface area contributed by atoms with Crippen LogP contribution in [0.15, 0.2) is 28.7 Å². The Balaban J connectivity index is 3.24. The van der Waals surface area contributed by atoms with Crippen molar-refractivity contribution < 1.29 is 0 Å². The molecule has 1 aromatic rings. The maximum atomic E-state index is 5.33. The van der Waals surface area contributed by atoms with Crippen molar-refractivity contribution >= 4 is 22.0 Å². The van der Waals surface area contributed by atoms with Gasteiger partial charge in [-0.05, 0) is 30.7 Å². The van der Waals surface area contributed by atoms with Crippen LogP contribution in [0.2, 0.25) is 0 Å². The van der Waals surface area contributed by atoms with Crippen LogP contribution in [0.3, 0.4) is 0 Å². The van der Waals surface area contributed by atoms with Gasteiger partial charge in [0.15, 0.2) is 0 Å². The van der Waals surface area contributed by atoms with Crippen LogP contribution in [0.5, 0.6) is 0 Å². The lowest BCUT2D eigenvalue weighted by atomic mass is 10.1. The number of hydrogen-bond donors (Lipinski definition) is 0. The molecule has 0 saturated carbocycles. The Morgan fingerprint density at radius 1 is 1.50 bits per heavy atom. The second-order valence-corrected chi connectivity index (χ2v) is 3.29. The van der Waals surface area contributed by atoms with E-state index in [4.69, 9.17) is 6.42 Å². The first-order chi connectivity index (χ1) is 5.77. The lowest BCUT2D eigenvalue weighted by molar-refractivity contribution is 1.56. The Labute approximate surface area is 81.4 Å². The van der Waals surface area contributed by atoms with E-state index in [1.165, 1.54) is 0 Å². The predicted octanol–water partition coefficient (Wildman–Crippen LogP) is 3.46. The van der Waals surface area contributed by atoms with Gasteiger partial charge in [0.25, 0.3) is 0 Å². The Morgan fingerprint density at radius 2 is 2.25 bits per heavy atom. The number of rotatable bonds is 1. The second kappa shape index (κ2) is 4.13. The Bertz CT molecular complexity index is 343. The van der Waals surface area contributed by atoms with Gasteiger partial charge < -0.3 is 0 Å². The van der Waals surface area contributed by atoms with E-state index < -0.39 is 0 Å². The summed E-state index contributed by atoms with van der Waals surface area (Å²) in [4.78, 5) is 0. The highest BCUT2D eigenvalue weighted by atomic mass is 79.9. The Kier molecular flexibility index (Phi) is 3.13. The van der Waals surface area contributed by atoms with Crippen molar-refractivity contribution in [2.75, 3.05) is 0 Å². The van der Waals surface area contributed by atoms with Crippen LogP contribution in [0, 0.1) is 12.3 Å². The van der Waals surface area contributed by atoms with Gasteiger partial charge in [0.1, 0.15) is 0 Å². The monoisotopic (exact) mass is 220 g/mol. The Morgan fingerprint density at radius 3 is 2.83 bits per heavy atom. The third-order valence-corrected chi connectivity index (χ3v) is 2.01. The first-order valence-electron chi connectivity index (χ1n) is 3.67. The molecule has 0 N–H and O–H groups in total. The van der Waals surface area contributed by atoms with Gasteiger partial charge in [-0.2, -0.15) is 0 Å². The molecule has 0 heterocycles. The molecule has 0 nitrogen and oxygen atoms in total. The summed E-state index contributed by atoms with van der Waals surface area (Å²) in [6.45, 7) is 1.97. The van der Waals surface area contributed by atoms with Crippen LogP contribution >= 0.6 is 15.9 Å². The van der Waals surface area contributed by atoms with E-state index in [1.54, 1.807) is 0 Å². The molecule has 0 atom stereocenters. The molecule has 12 heavy (non-hydrogen) atoms. The van der Waals surface area contributed by atoms with Gasteiger partial charge in [0.2, 0.25) is 0 Å². The fraction of sp³-hybridized carbons (Fsp3) is 0.0909. The molecule has 0 spiro atoms. The third-order valence-electron chi connectivity index (χ3n) is 1.52. The van der Waals surface area contributed by atoms with Crippen molar-refractivity contribution in [2.45, 2.75) is 6.92 Å². The van der Waals surface area contributed by atoms with Crippen LogP contribution in [0.4, 0.5) is 0 Å². The van der Waals surface area contributed by atoms with Gasteiger partial charge >= 0.3 is 0 Å². The fourth-order valence-corrected chi connectivity index (χ4v) is 1.36. The van der Waals surface area contributed by atoms with E-state index in [-0.39, 0.29) is 0 Å². The first-order valence-corrected chi connectivity index (χ1v) is 4.46. The third kappa shape index (κ3) is 1.99. The maximum Gasteiger partial charge on any atom is 0.0315 e. The molecule has 1 rings (SSSR count). The molecule has 0 aliphatic heterocycles. The molecular formula is C11H9Br. The number of allylic oxidation sites excluding steroid dienone is 1. The topological polar surface area (TPSA) is 0 Å². The lowest BCUT2D eigenvalue weighted by Gasteiger charge is -1.98. The molecule has 0 radical (unpaired) electrons. The van der Waals surface area contributed by atoms with Crippen LogP contribution in [-0.4, -0.2) is 0 Å². The second-order valence-electron chi connectivity index (χ2n) is 2.38. The zero-order chi connectivity index (χ0) is 8.97. The zero-order valence-electron chi connectivity index (χ0n) is 6.84. The van der Waals surface area contributed by atoms with E-state index in [0.29, 0.717) is 0 Å². The van der Waals surface area contributed by atoms with Crippen molar-refractivity contribution in [1.82, 2.24) is 0 Å². The molecule has 0 aromatic heterocycles. The standard InChI is InChI=1S/C11H9Br/c1-3-5-10-8-11(12)7-6-9(10)4-2/h2-3,5-8H,1H3/b5-3-. The van der Waals surface area contributed by atoms with E-state index in [1.807, 2.05) is 37.3 Å². The van der Waals surface area contributed by atoms with E-state index in [0.717, 1.165) is 15.6 Å². The van der Waals surface area contributed by atoms with Crippen LogP contribution in [0.25, 0.3) is 6.08 Å². The van der Waals surface area contributed by atoms with E-state index >= 15 is 0 Å². The van der Waals surface area contributed by atoms with E-state index in [2.05, 4.69) is 21.9 Å². The van der Waals surface area contributed by atoms with Crippen molar-refractivity contribution in [3.63, 3.8) is 0 Å². The van der Waals surface area contributed by atoms with Gasteiger partial charge in [-0.1, -0.05) is 34.0 Å². The molecule has 0 aliphatic carbocycles. The van der Waals surface area contributed by atoms with Gasteiger partial charge in [0, 0.05) is 10.0 Å². The molecular weight excluding hydrogens is 212 g/mol. The molecule has 1 aromatic carbocycles. The van der Waals surface area contributed by atoms with Crippen molar-refractivity contribution in [2.24, 2.45) is 0 Å². The van der Waals surface area contributed by atoms with Crippen molar-refractivity contribution in [1.29, 1.82) is 0 Å². The SMILES string of the molecule is C#Cc1ccc(Br)cc1/C=C\C. The zero-order valence-corrected chi connectivity index (χ0v) is 8.43. The van der Waals surface area contributed by atoms with E-state index in [9.17, 15) is 0 Å². The Hall–Kier alpha value is -1.00. The average molecular weight is 221 g/mol. The normalized spacial score (nSPS) is 10.1. The molecule has 0 amide bonds. The summed E-state index contributed by atoms with van der Waals surface area (Å²) >= 11 is 3.39. The number of hydrogen-bond acceptors (Lipinski definition) is 0. The molecule has 0 bridgehead atoms. The van der Waals surface area contributed by atoms with Gasteiger partial charge in [-0.15, -0.1) is 6.42 Å². The fourth-order valence-electron chi connectivity index (χ4n) is 0.982. The minimum Gasteiger partial charge on any atom is -0.115 e. The summed E-state index contributed by atoms with van der Waals surface area (Å²) in [6, 6.07) is 5.89. The smallest absolute Gasteiger partial charge is 0.0315 e. The first kappa shape index (κ1) is 9.09. The highest BCUT2D eigenvalue weighted by Crippen LogP contribution is 2.17. The molecule has 0 unspecified atom stereocenters. The van der Waals surface area contributed by atoms with Gasteiger partial charge in [-0.3, -0.25) is 0 Å². The number of benzene rings is 1. The number of halogens is 1. The van der Waals surface area contributed by atoms with Gasteiger partial charge in [-0.25, -0.2) is 0 Å². The summed E-state index contributed by atoms with van der Waals surface area (Å²) in [5.74, 6) is 2.64. The minimum absolute atomic E-state index is 0.927. The maximum absolute atomic E-state index is 5.33. The van der Waals surface area contributed by atoms with Crippen LogP contribution in [0.1, 0.15) is 18.1 Å². The highest BCUT2D eigenvalue weighted by Gasteiger charge is 1.95. The molecule has 0 aliphatic rings. The summed E-state index contributed by atoms with van der Waals surface area (Å²) in [6.07, 6.45) is 9.31. The summed E-state index contributed by atoms with van der Waals surface area (Å²) < 4.78 is 1.05. The number of terminal acetylenes is 1. The lowest BCUT2D eigenvalue weighted by Crippen LogP contribution is -1.80. The van der Waals surface area contributed by atoms with Crippen LogP contribution in [-0.2, 0) is 0 Å². The summed E-state index contributed by atoms with van der Waals surface area (Å²) in [5.41, 5.74) is 2.01. The predicted molar refractivity (Wildman–Crippen MR) is 56.8 cm³/mol. The largest absolute Gasteiger partial charge is 0.115 e.